The second-order valence-electron chi connectivity index (χ2n) is 3.98. The van der Waals surface area contributed by atoms with Gasteiger partial charge in [0.15, 0.2) is 0 Å². The van der Waals surface area contributed by atoms with E-state index in [0.717, 1.165) is 5.69 Å². The summed E-state index contributed by atoms with van der Waals surface area (Å²) < 4.78 is 11.4. The summed E-state index contributed by atoms with van der Waals surface area (Å²) >= 11 is 0. The van der Waals surface area contributed by atoms with Crippen molar-refractivity contribution in [2.45, 2.75) is 11.8 Å². The van der Waals surface area contributed by atoms with Gasteiger partial charge in [0.25, 0.3) is 5.91 Å². The molecule has 1 N–H and O–H groups in total. The molecule has 0 aliphatic carbocycles. The Kier molecular flexibility index (Phi) is 4.01. The maximum Gasteiger partial charge on any atom is 0.275 e. The molecular formula is C13H13N3O2S. The maximum absolute atomic E-state index is 11.9. The minimum atomic E-state index is -1.08. The van der Waals surface area contributed by atoms with Crippen LogP contribution in [0.3, 0.4) is 0 Å². The highest BCUT2D eigenvalue weighted by Crippen LogP contribution is 2.13. The second-order valence-corrected chi connectivity index (χ2v) is 5.36. The van der Waals surface area contributed by atoms with E-state index in [2.05, 4.69) is 15.3 Å². The van der Waals surface area contributed by atoms with Gasteiger partial charge in [-0.05, 0) is 25.1 Å². The molecule has 0 saturated carbocycles. The topological polar surface area (TPSA) is 72.0 Å². The number of anilines is 1. The summed E-state index contributed by atoms with van der Waals surface area (Å²) in [5, 5.41) is 2.70. The fourth-order valence-corrected chi connectivity index (χ4v) is 2.02. The van der Waals surface area contributed by atoms with Crippen LogP contribution in [0, 0.1) is 6.92 Å². The highest BCUT2D eigenvalue weighted by Gasteiger charge is 2.08. The summed E-state index contributed by atoms with van der Waals surface area (Å²) in [4.78, 5) is 20.6. The molecule has 1 heterocycles. The first-order chi connectivity index (χ1) is 9.06. The number of nitrogens with zero attached hydrogens (tertiary/aromatic N) is 2. The zero-order valence-electron chi connectivity index (χ0n) is 10.6. The Morgan fingerprint density at radius 3 is 2.68 bits per heavy atom. The average molecular weight is 275 g/mol. The van der Waals surface area contributed by atoms with E-state index in [0.29, 0.717) is 10.6 Å². The van der Waals surface area contributed by atoms with Crippen molar-refractivity contribution in [3.8, 4) is 0 Å². The van der Waals surface area contributed by atoms with Crippen molar-refractivity contribution in [2.75, 3.05) is 11.6 Å². The highest BCUT2D eigenvalue weighted by molar-refractivity contribution is 7.84. The van der Waals surface area contributed by atoms with Crippen molar-refractivity contribution >= 4 is 22.4 Å². The van der Waals surface area contributed by atoms with Gasteiger partial charge in [0, 0.05) is 33.8 Å². The van der Waals surface area contributed by atoms with Crippen LogP contribution in [0.5, 0.6) is 0 Å². The third kappa shape index (κ3) is 3.45. The van der Waals surface area contributed by atoms with Gasteiger partial charge >= 0.3 is 0 Å². The monoisotopic (exact) mass is 275 g/mol. The van der Waals surface area contributed by atoms with Crippen LogP contribution in [0.1, 0.15) is 16.2 Å². The fraction of sp³-hybridized carbons (Fsp3) is 0.154. The van der Waals surface area contributed by atoms with Crippen LogP contribution >= 0.6 is 0 Å². The van der Waals surface area contributed by atoms with E-state index in [4.69, 9.17) is 0 Å². The van der Waals surface area contributed by atoms with E-state index >= 15 is 0 Å². The normalized spacial score (nSPS) is 11.9. The molecule has 0 unspecified atom stereocenters. The summed E-state index contributed by atoms with van der Waals surface area (Å²) in [6, 6.07) is 6.90. The van der Waals surface area contributed by atoms with Crippen LogP contribution in [0.15, 0.2) is 41.6 Å². The van der Waals surface area contributed by atoms with Gasteiger partial charge in [0.05, 0.1) is 11.9 Å². The SMILES string of the molecule is Cc1cnc(C(=O)Nc2cccc([S@](C)=O)c2)cn1. The molecule has 1 aromatic carbocycles. The predicted molar refractivity (Wildman–Crippen MR) is 73.5 cm³/mol. The largest absolute Gasteiger partial charge is 0.321 e. The van der Waals surface area contributed by atoms with E-state index in [-0.39, 0.29) is 11.6 Å². The molecule has 1 amide bonds. The lowest BCUT2D eigenvalue weighted by molar-refractivity contribution is 0.102. The van der Waals surface area contributed by atoms with Crippen LogP contribution in [0.25, 0.3) is 0 Å². The fourth-order valence-electron chi connectivity index (χ4n) is 1.46. The molecular weight excluding hydrogens is 262 g/mol. The highest BCUT2D eigenvalue weighted by atomic mass is 32.2. The van der Waals surface area contributed by atoms with Crippen molar-refractivity contribution in [3.05, 3.63) is 48.0 Å². The molecule has 1 aromatic heterocycles. The minimum absolute atomic E-state index is 0.244. The number of aryl methyl sites for hydroxylation is 1. The Morgan fingerprint density at radius 2 is 2.05 bits per heavy atom. The van der Waals surface area contributed by atoms with Gasteiger partial charge in [-0.3, -0.25) is 14.0 Å². The number of amides is 1. The van der Waals surface area contributed by atoms with Gasteiger partial charge < -0.3 is 5.32 Å². The molecule has 0 bridgehead atoms. The Hall–Kier alpha value is -2.08. The lowest BCUT2D eigenvalue weighted by Crippen LogP contribution is -2.14. The summed E-state index contributed by atoms with van der Waals surface area (Å²) in [7, 11) is -1.08. The van der Waals surface area contributed by atoms with Crippen LogP contribution < -0.4 is 5.32 Å². The minimum Gasteiger partial charge on any atom is -0.321 e. The first-order valence-corrected chi connectivity index (χ1v) is 7.15. The number of rotatable bonds is 3. The third-order valence-corrected chi connectivity index (χ3v) is 3.36. The second kappa shape index (κ2) is 5.71. The van der Waals surface area contributed by atoms with Crippen molar-refractivity contribution in [3.63, 3.8) is 0 Å². The Labute approximate surface area is 113 Å². The average Bonchev–Trinajstić information content (AvgIpc) is 2.39. The van der Waals surface area contributed by atoms with Gasteiger partial charge in [-0.25, -0.2) is 4.98 Å². The molecule has 2 rings (SSSR count). The lowest BCUT2D eigenvalue weighted by atomic mass is 10.3. The Morgan fingerprint density at radius 1 is 1.26 bits per heavy atom. The van der Waals surface area contributed by atoms with Crippen molar-refractivity contribution in [1.82, 2.24) is 9.97 Å². The summed E-state index contributed by atoms with van der Waals surface area (Å²) in [5.74, 6) is -0.341. The molecule has 6 heteroatoms. The summed E-state index contributed by atoms with van der Waals surface area (Å²) in [6.07, 6.45) is 4.55. The van der Waals surface area contributed by atoms with Gasteiger partial charge in [0.2, 0.25) is 0 Å². The van der Waals surface area contributed by atoms with Crippen LogP contribution in [0.4, 0.5) is 5.69 Å². The van der Waals surface area contributed by atoms with Crippen LogP contribution in [0.2, 0.25) is 0 Å². The van der Waals surface area contributed by atoms with Gasteiger partial charge in [-0.2, -0.15) is 0 Å². The number of carbonyl (C=O) groups excluding carboxylic acids is 1. The van der Waals surface area contributed by atoms with E-state index in [1.807, 2.05) is 0 Å². The van der Waals surface area contributed by atoms with E-state index in [9.17, 15) is 9.00 Å². The van der Waals surface area contributed by atoms with Crippen molar-refractivity contribution < 1.29 is 9.00 Å². The third-order valence-electron chi connectivity index (χ3n) is 2.44. The Balaban J connectivity index is 2.17. The standard InChI is InChI=1S/C13H13N3O2S/c1-9-7-15-12(8-14-9)13(17)16-10-4-3-5-11(6-10)19(2)18/h3-8H,1-2H3,(H,16,17)/t19-/m0/s1. The van der Waals surface area contributed by atoms with Crippen LogP contribution in [-0.4, -0.2) is 26.3 Å². The van der Waals surface area contributed by atoms with Gasteiger partial charge in [-0.1, -0.05) is 6.07 Å². The number of aromatic nitrogens is 2. The molecule has 5 nitrogen and oxygen atoms in total. The quantitative estimate of drug-likeness (QED) is 0.926. The zero-order chi connectivity index (χ0) is 13.8. The first kappa shape index (κ1) is 13.4. The van der Waals surface area contributed by atoms with Gasteiger partial charge in [-0.15, -0.1) is 0 Å². The molecule has 2 aromatic rings. The zero-order valence-corrected chi connectivity index (χ0v) is 11.4. The van der Waals surface area contributed by atoms with Gasteiger partial charge in [0.1, 0.15) is 5.69 Å². The molecule has 0 fully saturated rings. The molecule has 0 aliphatic rings. The van der Waals surface area contributed by atoms with Crippen LogP contribution in [-0.2, 0) is 10.8 Å². The number of hydrogen-bond donors (Lipinski definition) is 1. The van der Waals surface area contributed by atoms with E-state index in [1.165, 1.54) is 12.4 Å². The maximum atomic E-state index is 11.9. The molecule has 19 heavy (non-hydrogen) atoms. The number of hydrogen-bond acceptors (Lipinski definition) is 4. The van der Waals surface area contributed by atoms with Crippen molar-refractivity contribution in [1.29, 1.82) is 0 Å². The predicted octanol–water partition coefficient (Wildman–Crippen LogP) is 1.77. The smallest absolute Gasteiger partial charge is 0.275 e. The first-order valence-electron chi connectivity index (χ1n) is 5.60. The summed E-state index contributed by atoms with van der Waals surface area (Å²) in [5.41, 5.74) is 1.58. The summed E-state index contributed by atoms with van der Waals surface area (Å²) in [6.45, 7) is 1.80. The molecule has 0 saturated heterocycles. The van der Waals surface area contributed by atoms with E-state index < -0.39 is 10.8 Å². The Bertz CT molecular complexity index is 626. The molecule has 1 atom stereocenters. The molecule has 98 valence electrons. The van der Waals surface area contributed by atoms with Crippen molar-refractivity contribution in [2.24, 2.45) is 0 Å². The molecule has 0 radical (unpaired) electrons. The molecule has 0 spiro atoms. The van der Waals surface area contributed by atoms with E-state index in [1.54, 1.807) is 37.4 Å². The number of carbonyl (C=O) groups is 1. The molecule has 0 aliphatic heterocycles. The number of benzene rings is 1. The lowest BCUT2D eigenvalue weighted by Gasteiger charge is -2.05. The number of nitrogens with one attached hydrogen (secondary N) is 1.